The predicted molar refractivity (Wildman–Crippen MR) is 396 cm³/mol. The molecule has 0 N–H and O–H groups in total. The average Bonchev–Trinajstić information content (AvgIpc) is 1.60. The maximum Gasteiger partial charge on any atom is 0.307 e. The van der Waals surface area contributed by atoms with Crippen molar-refractivity contribution in [3.05, 3.63) is 0 Å². The number of nitrogens with zero attached hydrogens (tertiary/aromatic N) is 5. The molecule has 0 saturated carbocycles. The van der Waals surface area contributed by atoms with Gasteiger partial charge in [-0.25, -0.2) is 0 Å². The van der Waals surface area contributed by atoms with Crippen LogP contribution in [0.1, 0.15) is 358 Å². The highest BCUT2D eigenvalue weighted by Gasteiger charge is 2.25. The van der Waals surface area contributed by atoms with E-state index in [2.05, 4.69) is 93.7 Å². The van der Waals surface area contributed by atoms with Crippen LogP contribution in [0.3, 0.4) is 0 Å². The molecule has 0 aliphatic carbocycles. The topological polar surface area (TPSA) is 148 Å². The van der Waals surface area contributed by atoms with Gasteiger partial charge in [-0.3, -0.25) is 33.8 Å². The van der Waals surface area contributed by atoms with Gasteiger partial charge in [0.15, 0.2) is 0 Å². The van der Waals surface area contributed by atoms with E-state index in [0.717, 1.165) is 232 Å². The molecule has 5 unspecified atom stereocenters. The van der Waals surface area contributed by atoms with Gasteiger partial charge in [0.05, 0.1) is 32.1 Å². The van der Waals surface area contributed by atoms with E-state index >= 15 is 0 Å². The standard InChI is InChI=1S/C80H155N5O10/c1-11-21-31-36-46-71(41-26-16-6)91-76(86)51-56-81(57-52-77(87)92-72(42-27-17-7)47-37-32-22-12-2)61-63-83(60-55-80(90)95-75(45-30-20-10)50-40-35-25-15-5)64-66-85-69-67-84(68-70-85)65-62-82(58-53-78(88)93-73(43-28-18-8)48-38-33-23-13-3)59-54-79(89)94-74(44-29-19-9)49-39-34-24-14-4/h71-75H,11-70H2,1-10H3. The number of hydrogen-bond donors (Lipinski definition) is 0. The molecule has 1 saturated heterocycles. The Morgan fingerprint density at radius 2 is 0.421 bits per heavy atom. The van der Waals surface area contributed by atoms with Crippen LogP contribution in [0.15, 0.2) is 0 Å². The lowest BCUT2D eigenvalue weighted by molar-refractivity contribution is -0.152. The molecule has 1 heterocycles. The van der Waals surface area contributed by atoms with Crippen molar-refractivity contribution in [2.45, 2.75) is 389 Å². The van der Waals surface area contributed by atoms with Crippen LogP contribution in [0, 0.1) is 0 Å². The van der Waals surface area contributed by atoms with Gasteiger partial charge in [-0.1, -0.05) is 230 Å². The third-order valence-corrected chi connectivity index (χ3v) is 19.6. The van der Waals surface area contributed by atoms with E-state index in [4.69, 9.17) is 23.7 Å². The van der Waals surface area contributed by atoms with E-state index in [1.807, 2.05) is 0 Å². The molecule has 15 heteroatoms. The second-order valence-corrected chi connectivity index (χ2v) is 28.5. The molecule has 0 amide bonds. The summed E-state index contributed by atoms with van der Waals surface area (Å²) < 4.78 is 31.1. The number of ether oxygens (including phenoxy) is 5. The van der Waals surface area contributed by atoms with Crippen molar-refractivity contribution in [1.29, 1.82) is 0 Å². The highest BCUT2D eigenvalue weighted by atomic mass is 16.6. The Hall–Kier alpha value is -2.85. The lowest BCUT2D eigenvalue weighted by Crippen LogP contribution is -2.50. The van der Waals surface area contributed by atoms with Crippen molar-refractivity contribution in [3.8, 4) is 0 Å². The van der Waals surface area contributed by atoms with E-state index in [9.17, 15) is 24.0 Å². The van der Waals surface area contributed by atoms with Crippen molar-refractivity contribution < 1.29 is 47.7 Å². The minimum absolute atomic E-state index is 0.0339. The zero-order valence-electron chi connectivity index (χ0n) is 64.1. The fourth-order valence-electron chi connectivity index (χ4n) is 13.0. The van der Waals surface area contributed by atoms with E-state index in [1.165, 1.54) is 77.0 Å². The number of hydrogen-bond acceptors (Lipinski definition) is 15. The summed E-state index contributed by atoms with van der Waals surface area (Å²) in [5.41, 5.74) is 0. The minimum atomic E-state index is -0.168. The molecule has 15 nitrogen and oxygen atoms in total. The van der Waals surface area contributed by atoms with Gasteiger partial charge in [0.2, 0.25) is 0 Å². The number of esters is 5. The predicted octanol–water partition coefficient (Wildman–Crippen LogP) is 18.8. The van der Waals surface area contributed by atoms with Gasteiger partial charge in [-0.05, 0) is 96.3 Å². The lowest BCUT2D eigenvalue weighted by atomic mass is 10.0. The van der Waals surface area contributed by atoms with E-state index in [0.29, 0.717) is 65.1 Å². The molecule has 0 radical (unpaired) electrons. The summed E-state index contributed by atoms with van der Waals surface area (Å²) in [7, 11) is 0. The van der Waals surface area contributed by atoms with E-state index < -0.39 is 0 Å². The van der Waals surface area contributed by atoms with Crippen molar-refractivity contribution in [2.75, 3.05) is 98.2 Å². The van der Waals surface area contributed by atoms with Crippen LogP contribution in [0.5, 0.6) is 0 Å². The highest BCUT2D eigenvalue weighted by Crippen LogP contribution is 2.21. The van der Waals surface area contributed by atoms with Crippen molar-refractivity contribution in [1.82, 2.24) is 24.5 Å². The van der Waals surface area contributed by atoms with E-state index in [1.54, 1.807) is 0 Å². The molecule has 0 aromatic heterocycles. The van der Waals surface area contributed by atoms with Gasteiger partial charge in [0, 0.05) is 98.2 Å². The Morgan fingerprint density at radius 1 is 0.242 bits per heavy atom. The molecule has 1 rings (SSSR count). The SMILES string of the molecule is CCCCCCC(CCCC)OC(=O)CCN(CCC(=O)OC(CCCC)CCCCCC)CCN(CCC(=O)OC(CCCC)CCCCCC)CCN1CCN(CCN(CCC(=O)OC(CCCC)CCCCCC)CCC(=O)OC(CCCC)CCCCCC)CC1. The van der Waals surface area contributed by atoms with Crippen molar-refractivity contribution >= 4 is 29.8 Å². The third-order valence-electron chi connectivity index (χ3n) is 19.6. The summed E-state index contributed by atoms with van der Waals surface area (Å²) in [6, 6.07) is 0. The lowest BCUT2D eigenvalue weighted by Gasteiger charge is -2.37. The summed E-state index contributed by atoms with van der Waals surface area (Å²) >= 11 is 0. The van der Waals surface area contributed by atoms with Crippen LogP contribution in [0.2, 0.25) is 0 Å². The molecule has 5 atom stereocenters. The van der Waals surface area contributed by atoms with Crippen LogP contribution < -0.4 is 0 Å². The molecule has 0 spiro atoms. The van der Waals surface area contributed by atoms with Gasteiger partial charge in [-0.15, -0.1) is 0 Å². The molecular formula is C80H155N5O10. The first-order chi connectivity index (χ1) is 46.3. The maximum absolute atomic E-state index is 13.8. The number of carbonyl (C=O) groups is 5. The molecule has 1 aliphatic heterocycles. The number of piperazine rings is 1. The van der Waals surface area contributed by atoms with Crippen LogP contribution in [-0.2, 0) is 47.7 Å². The molecule has 0 bridgehead atoms. The van der Waals surface area contributed by atoms with Crippen molar-refractivity contribution in [2.24, 2.45) is 0 Å². The minimum Gasteiger partial charge on any atom is -0.462 e. The number of carbonyl (C=O) groups excluding carboxylic acids is 5. The van der Waals surface area contributed by atoms with Crippen LogP contribution in [0.4, 0.5) is 0 Å². The first-order valence-electron chi connectivity index (χ1n) is 40.9. The molecule has 1 fully saturated rings. The number of rotatable bonds is 69. The largest absolute Gasteiger partial charge is 0.462 e. The summed E-state index contributed by atoms with van der Waals surface area (Å²) in [5, 5.41) is 0. The van der Waals surface area contributed by atoms with Gasteiger partial charge in [0.25, 0.3) is 0 Å². The quantitative estimate of drug-likeness (QED) is 0.0323. The fraction of sp³-hybridized carbons (Fsp3) is 0.938. The molecule has 95 heavy (non-hydrogen) atoms. The zero-order chi connectivity index (χ0) is 69.6. The molecule has 1 aliphatic rings. The summed E-state index contributed by atoms with van der Waals surface area (Å²) in [4.78, 5) is 80.4. The third kappa shape index (κ3) is 52.8. The fourth-order valence-corrected chi connectivity index (χ4v) is 13.0. The summed E-state index contributed by atoms with van der Waals surface area (Å²) in [6.07, 6.45) is 43.9. The van der Waals surface area contributed by atoms with Gasteiger partial charge in [0.1, 0.15) is 30.5 Å². The molecule has 560 valence electrons. The summed E-state index contributed by atoms with van der Waals surface area (Å²) in [5.74, 6) is -0.744. The second-order valence-electron chi connectivity index (χ2n) is 28.5. The zero-order valence-corrected chi connectivity index (χ0v) is 64.1. The number of unbranched alkanes of at least 4 members (excludes halogenated alkanes) is 20. The van der Waals surface area contributed by atoms with Crippen molar-refractivity contribution in [3.63, 3.8) is 0 Å². The normalized spacial score (nSPS) is 14.7. The Kier molecular flexibility index (Phi) is 61.2. The van der Waals surface area contributed by atoms with Gasteiger partial charge < -0.3 is 38.4 Å². The average molecular weight is 1350 g/mol. The Labute approximate surface area is 586 Å². The van der Waals surface area contributed by atoms with Gasteiger partial charge >= 0.3 is 29.8 Å². The maximum atomic E-state index is 13.8. The smallest absolute Gasteiger partial charge is 0.307 e. The van der Waals surface area contributed by atoms with Crippen LogP contribution in [0.25, 0.3) is 0 Å². The molecular weight excluding hydrogens is 1190 g/mol. The Balaban J connectivity index is 3.39. The Morgan fingerprint density at radius 3 is 0.621 bits per heavy atom. The van der Waals surface area contributed by atoms with Crippen LogP contribution in [-0.4, -0.2) is 183 Å². The van der Waals surface area contributed by atoms with Crippen LogP contribution >= 0.6 is 0 Å². The second kappa shape index (κ2) is 64.5. The molecule has 0 aromatic carbocycles. The van der Waals surface area contributed by atoms with Gasteiger partial charge in [-0.2, -0.15) is 0 Å². The first kappa shape index (κ1) is 90.2. The first-order valence-corrected chi connectivity index (χ1v) is 40.9. The Bertz CT molecular complexity index is 1700. The van der Waals surface area contributed by atoms with E-state index in [-0.39, 0.29) is 73.2 Å². The summed E-state index contributed by atoms with van der Waals surface area (Å²) in [6.45, 7) is 32.8. The monoisotopic (exact) mass is 1350 g/mol. The highest BCUT2D eigenvalue weighted by molar-refractivity contribution is 5.71. The molecule has 0 aromatic rings.